The van der Waals surface area contributed by atoms with Crippen molar-refractivity contribution in [3.05, 3.63) is 63.9 Å². The molecule has 248 valence electrons. The number of nitrogens with zero attached hydrogens (tertiary/aromatic N) is 3. The maximum Gasteiger partial charge on any atom is 0.410 e. The maximum absolute atomic E-state index is 13.4. The van der Waals surface area contributed by atoms with Crippen LogP contribution in [-0.2, 0) is 17.8 Å². The van der Waals surface area contributed by atoms with E-state index in [-0.39, 0.29) is 17.7 Å². The molecule has 0 spiro atoms. The minimum atomic E-state index is -0.590. The van der Waals surface area contributed by atoms with Crippen LogP contribution in [0.5, 0.6) is 17.2 Å². The quantitative estimate of drug-likeness (QED) is 0.143. The highest BCUT2D eigenvalue weighted by Crippen LogP contribution is 2.35. The number of hydrogen-bond donors (Lipinski definition) is 1. The van der Waals surface area contributed by atoms with Gasteiger partial charge in [0.15, 0.2) is 11.5 Å². The zero-order chi connectivity index (χ0) is 32.8. The second-order valence-corrected chi connectivity index (χ2v) is 13.2. The first-order valence-electron chi connectivity index (χ1n) is 16.4. The highest BCUT2D eigenvalue weighted by molar-refractivity contribution is 6.10. The van der Waals surface area contributed by atoms with E-state index in [9.17, 15) is 14.8 Å². The fourth-order valence-electron chi connectivity index (χ4n) is 6.61. The number of hydrogen-bond acceptors (Lipinski definition) is 8. The average molecular weight is 634 g/mol. The van der Waals surface area contributed by atoms with Gasteiger partial charge in [0, 0.05) is 42.2 Å². The lowest BCUT2D eigenvalue weighted by Crippen LogP contribution is -2.44. The number of rotatable bonds is 10. The summed E-state index contributed by atoms with van der Waals surface area (Å²) in [7, 11) is 1.59. The second-order valence-electron chi connectivity index (χ2n) is 13.2. The standard InChI is InChI=1S/C36H47N3O7/c1-6-30(37-42)29-21-27(43-5)22-31-28(29)14-16-34(40)38(31)17-7-8-24-9-12-26(13-10-24)39(35(41)46-36(2,3)4)23-25-11-15-32-33(20-25)45-19-18-44-32/h11,14-16,20-22,24,26,42H,6-10,12-13,17-19,23H2,1-5H3/b37-30-. The smallest absolute Gasteiger partial charge is 0.410 e. The third-order valence-corrected chi connectivity index (χ3v) is 8.92. The summed E-state index contributed by atoms with van der Waals surface area (Å²) >= 11 is 0. The molecule has 0 unspecified atom stereocenters. The summed E-state index contributed by atoms with van der Waals surface area (Å²) < 4.78 is 24.6. The molecule has 10 nitrogen and oxygen atoms in total. The third-order valence-electron chi connectivity index (χ3n) is 8.92. The van der Waals surface area contributed by atoms with Crippen molar-refractivity contribution in [2.24, 2.45) is 11.1 Å². The van der Waals surface area contributed by atoms with E-state index in [1.54, 1.807) is 23.8 Å². The number of aromatic nitrogens is 1. The van der Waals surface area contributed by atoms with Gasteiger partial charge in [0.05, 0.1) is 18.3 Å². The van der Waals surface area contributed by atoms with E-state index >= 15 is 0 Å². The molecule has 46 heavy (non-hydrogen) atoms. The van der Waals surface area contributed by atoms with Crippen molar-refractivity contribution in [1.82, 2.24) is 9.47 Å². The zero-order valence-corrected chi connectivity index (χ0v) is 27.7. The molecule has 0 atom stereocenters. The topological polar surface area (TPSA) is 112 Å². The molecule has 3 aromatic rings. The largest absolute Gasteiger partial charge is 0.497 e. The van der Waals surface area contributed by atoms with Crippen LogP contribution in [0.3, 0.4) is 0 Å². The van der Waals surface area contributed by atoms with Crippen LogP contribution in [0, 0.1) is 5.92 Å². The number of amides is 1. The Morgan fingerprint density at radius 3 is 2.46 bits per heavy atom. The molecule has 0 bridgehead atoms. The number of pyridine rings is 1. The van der Waals surface area contributed by atoms with Gasteiger partial charge in [0.2, 0.25) is 0 Å². The summed E-state index contributed by atoms with van der Waals surface area (Å²) in [6.45, 7) is 9.68. The number of ether oxygens (including phenoxy) is 4. The Morgan fingerprint density at radius 2 is 1.78 bits per heavy atom. The second kappa shape index (κ2) is 14.5. The molecule has 0 saturated heterocycles. The van der Waals surface area contributed by atoms with Crippen LogP contribution in [0.15, 0.2) is 52.4 Å². The van der Waals surface area contributed by atoms with Gasteiger partial charge < -0.3 is 33.6 Å². The number of carbonyl (C=O) groups is 1. The fourth-order valence-corrected chi connectivity index (χ4v) is 6.61. The summed E-state index contributed by atoms with van der Waals surface area (Å²) in [5.41, 5.74) is 2.40. The van der Waals surface area contributed by atoms with Crippen molar-refractivity contribution in [2.45, 2.75) is 97.4 Å². The maximum atomic E-state index is 13.4. The first-order valence-corrected chi connectivity index (χ1v) is 16.4. The summed E-state index contributed by atoms with van der Waals surface area (Å²) in [6.07, 6.45) is 5.87. The van der Waals surface area contributed by atoms with Gasteiger partial charge in [-0.3, -0.25) is 4.79 Å². The Bertz CT molecular complexity index is 1620. The van der Waals surface area contributed by atoms with Gasteiger partial charge in [-0.1, -0.05) is 18.1 Å². The van der Waals surface area contributed by atoms with Crippen molar-refractivity contribution >= 4 is 22.7 Å². The predicted octanol–water partition coefficient (Wildman–Crippen LogP) is 7.15. The van der Waals surface area contributed by atoms with Crippen LogP contribution in [0.25, 0.3) is 10.9 Å². The van der Waals surface area contributed by atoms with Gasteiger partial charge in [-0.25, -0.2) is 4.79 Å². The number of carbonyl (C=O) groups excluding carboxylic acids is 1. The lowest BCUT2D eigenvalue weighted by atomic mass is 9.82. The Morgan fingerprint density at radius 1 is 1.04 bits per heavy atom. The highest BCUT2D eigenvalue weighted by Gasteiger charge is 2.32. The molecular formula is C36H47N3O7. The Hall–Kier alpha value is -4.21. The Kier molecular flexibility index (Phi) is 10.4. The summed E-state index contributed by atoms with van der Waals surface area (Å²) in [4.78, 5) is 28.3. The molecular weight excluding hydrogens is 586 g/mol. The molecule has 1 aliphatic heterocycles. The van der Waals surface area contributed by atoms with E-state index in [1.165, 1.54) is 0 Å². The van der Waals surface area contributed by atoms with Crippen molar-refractivity contribution in [3.63, 3.8) is 0 Å². The minimum Gasteiger partial charge on any atom is -0.497 e. The number of oxime groups is 1. The number of methoxy groups -OCH3 is 1. The van der Waals surface area contributed by atoms with Crippen LogP contribution >= 0.6 is 0 Å². The van der Waals surface area contributed by atoms with Crippen LogP contribution in [0.1, 0.15) is 83.8 Å². The first-order chi connectivity index (χ1) is 22.1. The molecule has 2 aliphatic rings. The first kappa shape index (κ1) is 33.2. The molecule has 1 amide bonds. The van der Waals surface area contributed by atoms with Crippen molar-refractivity contribution < 1.29 is 28.9 Å². The van der Waals surface area contributed by atoms with Gasteiger partial charge in [-0.15, -0.1) is 0 Å². The van der Waals surface area contributed by atoms with E-state index in [0.717, 1.165) is 66.3 Å². The van der Waals surface area contributed by atoms with Gasteiger partial charge in [-0.05, 0) is 101 Å². The molecule has 10 heteroatoms. The fraction of sp³-hybridized carbons (Fsp3) is 0.528. The van der Waals surface area contributed by atoms with Gasteiger partial charge in [-0.2, -0.15) is 0 Å². The molecule has 1 N–H and O–H groups in total. The van der Waals surface area contributed by atoms with Crippen molar-refractivity contribution in [1.29, 1.82) is 0 Å². The van der Waals surface area contributed by atoms with E-state index in [2.05, 4.69) is 5.16 Å². The van der Waals surface area contributed by atoms with Crippen molar-refractivity contribution in [2.75, 3.05) is 20.3 Å². The summed E-state index contributed by atoms with van der Waals surface area (Å²) in [5, 5.41) is 14.0. The number of aryl methyl sites for hydroxylation is 1. The molecule has 1 fully saturated rings. The summed E-state index contributed by atoms with van der Waals surface area (Å²) in [5.74, 6) is 2.56. The number of fused-ring (bicyclic) bond motifs is 2. The SMILES string of the molecule is CC/C(=N/O)c1cc(OC)cc2c1ccc(=O)n2CCCC1CCC(N(Cc2ccc3c(c2)OCCO3)C(=O)OC(C)(C)C)CC1. The van der Waals surface area contributed by atoms with E-state index < -0.39 is 5.60 Å². The van der Waals surface area contributed by atoms with Crippen molar-refractivity contribution in [3.8, 4) is 17.2 Å². The van der Waals surface area contributed by atoms with Gasteiger partial charge in [0.25, 0.3) is 5.56 Å². The molecule has 2 heterocycles. The minimum absolute atomic E-state index is 0.0680. The van der Waals surface area contributed by atoms with E-state index in [1.807, 2.05) is 62.9 Å². The number of benzene rings is 2. The van der Waals surface area contributed by atoms with Crippen LogP contribution < -0.4 is 19.8 Å². The van der Waals surface area contributed by atoms with Crippen LogP contribution in [0.4, 0.5) is 4.79 Å². The Balaban J connectivity index is 1.25. The zero-order valence-electron chi connectivity index (χ0n) is 27.7. The highest BCUT2D eigenvalue weighted by atomic mass is 16.6. The average Bonchev–Trinajstić information content (AvgIpc) is 3.04. The van der Waals surface area contributed by atoms with Gasteiger partial charge >= 0.3 is 6.09 Å². The van der Waals surface area contributed by atoms with Gasteiger partial charge in [0.1, 0.15) is 24.6 Å². The third kappa shape index (κ3) is 7.77. The molecule has 1 aromatic heterocycles. The Labute approximate surface area is 270 Å². The van der Waals surface area contributed by atoms with E-state index in [0.29, 0.717) is 55.9 Å². The lowest BCUT2D eigenvalue weighted by molar-refractivity contribution is 0.00772. The molecule has 5 rings (SSSR count). The lowest BCUT2D eigenvalue weighted by Gasteiger charge is -2.38. The molecule has 2 aromatic carbocycles. The molecule has 1 aliphatic carbocycles. The predicted molar refractivity (Wildman–Crippen MR) is 178 cm³/mol. The monoisotopic (exact) mass is 633 g/mol. The molecule has 0 radical (unpaired) electrons. The molecule has 1 saturated carbocycles. The van der Waals surface area contributed by atoms with Crippen LogP contribution in [-0.4, -0.2) is 58.4 Å². The van der Waals surface area contributed by atoms with Crippen LogP contribution in [0.2, 0.25) is 0 Å². The normalized spacial score (nSPS) is 18.3. The van der Waals surface area contributed by atoms with E-state index in [4.69, 9.17) is 18.9 Å². The summed E-state index contributed by atoms with van der Waals surface area (Å²) in [6, 6.07) is 13.1.